The summed E-state index contributed by atoms with van der Waals surface area (Å²) in [5.41, 5.74) is 0.731. The van der Waals surface area contributed by atoms with Gasteiger partial charge >= 0.3 is 10.8 Å². The van der Waals surface area contributed by atoms with Crippen LogP contribution in [0.2, 0.25) is 0 Å². The number of carbonyl (C=O) groups is 1. The van der Waals surface area contributed by atoms with Gasteiger partial charge in [0.1, 0.15) is 6.04 Å². The number of azo groups is 1. The number of nitrogens with zero attached hydrogens (tertiary/aromatic N) is 3. The number of thiazole rings is 1. The molecule has 0 amide bonds. The molecule has 1 aliphatic rings. The summed E-state index contributed by atoms with van der Waals surface area (Å²) in [6.07, 6.45) is 3.33. The van der Waals surface area contributed by atoms with E-state index in [4.69, 9.17) is 4.74 Å². The molecular weight excluding hydrogens is 330 g/mol. The molecule has 1 N–H and O–H groups in total. The summed E-state index contributed by atoms with van der Waals surface area (Å²) in [6, 6.07) is 4.62. The van der Waals surface area contributed by atoms with E-state index >= 15 is 0 Å². The third-order valence-corrected chi connectivity index (χ3v) is 4.46. The zero-order chi connectivity index (χ0) is 17.3. The third-order valence-electron chi connectivity index (χ3n) is 3.57. The van der Waals surface area contributed by atoms with Gasteiger partial charge in [0.15, 0.2) is 0 Å². The van der Waals surface area contributed by atoms with E-state index < -0.39 is 16.9 Å². The molecule has 2 heterocycles. The second-order valence-corrected chi connectivity index (χ2v) is 6.15. The molecule has 2 aromatic rings. The highest BCUT2D eigenvalue weighted by molar-refractivity contribution is 7.10. The number of carbonyl (C=O) groups excluding carboxylic acids is 1. The summed E-state index contributed by atoms with van der Waals surface area (Å²) in [7, 11) is 0. The Kier molecular flexibility index (Phi) is 4.30. The zero-order valence-corrected chi connectivity index (χ0v) is 13.9. The van der Waals surface area contributed by atoms with Crippen LogP contribution in [-0.4, -0.2) is 22.2 Å². The van der Waals surface area contributed by atoms with Crippen LogP contribution in [0, 0.1) is 0 Å². The van der Waals surface area contributed by atoms with Gasteiger partial charge in [-0.3, -0.25) is 9.36 Å². The zero-order valence-electron chi connectivity index (χ0n) is 13.1. The molecule has 7 nitrogen and oxygen atoms in total. The highest BCUT2D eigenvalue weighted by Crippen LogP contribution is 2.24. The average Bonchev–Trinajstić information content (AvgIpc) is 3.11. The van der Waals surface area contributed by atoms with Crippen LogP contribution < -0.4 is 15.3 Å². The van der Waals surface area contributed by atoms with Gasteiger partial charge in [0, 0.05) is 5.22 Å². The first-order chi connectivity index (χ1) is 11.5. The second kappa shape index (κ2) is 6.40. The van der Waals surface area contributed by atoms with Crippen molar-refractivity contribution in [2.45, 2.75) is 19.9 Å². The van der Waals surface area contributed by atoms with Crippen molar-refractivity contribution in [1.82, 2.24) is 4.57 Å². The highest BCUT2D eigenvalue weighted by atomic mass is 32.1. The van der Waals surface area contributed by atoms with Gasteiger partial charge in [-0.1, -0.05) is 23.5 Å². The lowest BCUT2D eigenvalue weighted by Gasteiger charge is -2.11. The molecule has 124 valence electrons. The quantitative estimate of drug-likeness (QED) is 0.848. The van der Waals surface area contributed by atoms with Crippen LogP contribution in [-0.2, 0) is 9.53 Å². The van der Waals surface area contributed by atoms with Crippen LogP contribution in [0.1, 0.15) is 24.8 Å². The van der Waals surface area contributed by atoms with Gasteiger partial charge in [-0.2, -0.15) is 10.2 Å². The SMILES string of the molecule is CCOC(=O)C(C)n1c(O)c(/C=c2/ccc3c(c2)N=NC=3)sc1=O. The Morgan fingerprint density at radius 2 is 2.29 bits per heavy atom. The minimum absolute atomic E-state index is 0.211. The van der Waals surface area contributed by atoms with Crippen molar-refractivity contribution in [3.05, 3.63) is 43.2 Å². The molecule has 0 bridgehead atoms. The van der Waals surface area contributed by atoms with Gasteiger partial charge in [-0.25, -0.2) is 4.79 Å². The maximum Gasteiger partial charge on any atom is 0.329 e. The molecule has 3 rings (SSSR count). The van der Waals surface area contributed by atoms with Gasteiger partial charge < -0.3 is 9.84 Å². The number of hydrogen-bond acceptors (Lipinski definition) is 7. The number of fused-ring (bicyclic) bond motifs is 1. The molecule has 8 heteroatoms. The summed E-state index contributed by atoms with van der Waals surface area (Å²) in [5.74, 6) is -0.813. The maximum atomic E-state index is 12.1. The van der Waals surface area contributed by atoms with E-state index in [1.54, 1.807) is 19.2 Å². The number of rotatable bonds is 4. The molecule has 24 heavy (non-hydrogen) atoms. The average molecular weight is 345 g/mol. The Bertz CT molecular complexity index is 1000. The molecule has 1 unspecified atom stereocenters. The normalized spacial score (nSPS) is 14.3. The minimum Gasteiger partial charge on any atom is -0.493 e. The Morgan fingerprint density at radius 1 is 1.50 bits per heavy atom. The summed E-state index contributed by atoms with van der Waals surface area (Å²) < 4.78 is 5.94. The van der Waals surface area contributed by atoms with Gasteiger partial charge in [0.2, 0.25) is 5.88 Å². The Hall–Kier alpha value is -2.74. The van der Waals surface area contributed by atoms with Crippen molar-refractivity contribution in [2.24, 2.45) is 10.2 Å². The lowest BCUT2D eigenvalue weighted by atomic mass is 10.2. The highest BCUT2D eigenvalue weighted by Gasteiger charge is 2.23. The summed E-state index contributed by atoms with van der Waals surface area (Å²) in [5, 5.41) is 19.8. The number of aromatic nitrogens is 1. The maximum absolute atomic E-state index is 12.1. The molecular formula is C16H15N3O4S. The van der Waals surface area contributed by atoms with E-state index in [1.807, 2.05) is 18.2 Å². The molecule has 1 aliphatic heterocycles. The van der Waals surface area contributed by atoms with Crippen LogP contribution in [0.25, 0.3) is 12.3 Å². The van der Waals surface area contributed by atoms with Crippen LogP contribution in [0.15, 0.2) is 33.2 Å². The Morgan fingerprint density at radius 3 is 3.04 bits per heavy atom. The van der Waals surface area contributed by atoms with Crippen molar-refractivity contribution in [2.75, 3.05) is 6.61 Å². The molecule has 0 saturated heterocycles. The fraction of sp³-hybridized carbons (Fsp3) is 0.250. The van der Waals surface area contributed by atoms with Gasteiger partial charge in [0.25, 0.3) is 0 Å². The standard InChI is InChI=1S/C16H15N3O4S/c1-3-23-15(21)9(2)19-14(20)13(24-16(19)22)7-10-4-5-11-8-17-18-12(11)6-10/h4-9,20H,3H2,1-2H3/b10-7-. The van der Waals surface area contributed by atoms with Crippen molar-refractivity contribution < 1.29 is 14.6 Å². The van der Waals surface area contributed by atoms with Crippen molar-refractivity contribution in [1.29, 1.82) is 0 Å². The van der Waals surface area contributed by atoms with Gasteiger partial charge in [-0.15, -0.1) is 0 Å². The number of hydrogen-bond donors (Lipinski definition) is 1. The van der Waals surface area contributed by atoms with Gasteiger partial charge in [0.05, 0.1) is 23.4 Å². The number of ether oxygens (including phenoxy) is 1. The van der Waals surface area contributed by atoms with Crippen molar-refractivity contribution >= 4 is 35.3 Å². The van der Waals surface area contributed by atoms with Crippen LogP contribution >= 0.6 is 11.3 Å². The molecule has 1 aromatic heterocycles. The minimum atomic E-state index is -0.890. The number of benzene rings is 1. The molecule has 0 radical (unpaired) electrons. The van der Waals surface area contributed by atoms with Crippen molar-refractivity contribution in [3.63, 3.8) is 0 Å². The molecule has 0 aliphatic carbocycles. The fourth-order valence-electron chi connectivity index (χ4n) is 2.35. The monoisotopic (exact) mass is 345 g/mol. The molecule has 0 saturated carbocycles. The van der Waals surface area contributed by atoms with E-state index in [2.05, 4.69) is 10.2 Å². The van der Waals surface area contributed by atoms with E-state index in [-0.39, 0.29) is 12.5 Å². The summed E-state index contributed by atoms with van der Waals surface area (Å²) in [4.78, 5) is 23.9. The molecule has 1 atom stereocenters. The number of esters is 1. The van der Waals surface area contributed by atoms with Crippen LogP contribution in [0.3, 0.4) is 0 Å². The lowest BCUT2D eigenvalue weighted by molar-refractivity contribution is -0.146. The molecule has 0 fully saturated rings. The first kappa shape index (κ1) is 16.1. The first-order valence-electron chi connectivity index (χ1n) is 7.35. The third kappa shape index (κ3) is 2.88. The van der Waals surface area contributed by atoms with Crippen LogP contribution in [0.4, 0.5) is 5.69 Å². The summed E-state index contributed by atoms with van der Waals surface area (Å²) in [6.45, 7) is 3.41. The predicted octanol–water partition coefficient (Wildman–Crippen LogP) is 1.40. The van der Waals surface area contributed by atoms with E-state index in [0.29, 0.717) is 4.88 Å². The van der Waals surface area contributed by atoms with Gasteiger partial charge in [-0.05, 0) is 31.2 Å². The van der Waals surface area contributed by atoms with Crippen molar-refractivity contribution in [3.8, 4) is 5.88 Å². The fourth-order valence-corrected chi connectivity index (χ4v) is 3.26. The van der Waals surface area contributed by atoms with E-state index in [0.717, 1.165) is 32.0 Å². The lowest BCUT2D eigenvalue weighted by Crippen LogP contribution is -2.25. The number of aromatic hydroxyl groups is 1. The Balaban J connectivity index is 2.02. The second-order valence-electron chi connectivity index (χ2n) is 5.16. The predicted molar refractivity (Wildman–Crippen MR) is 89.8 cm³/mol. The van der Waals surface area contributed by atoms with Crippen LogP contribution in [0.5, 0.6) is 5.88 Å². The Labute approximate surface area is 140 Å². The molecule has 0 spiro atoms. The van der Waals surface area contributed by atoms with E-state index in [9.17, 15) is 14.7 Å². The largest absolute Gasteiger partial charge is 0.493 e. The first-order valence-corrected chi connectivity index (χ1v) is 8.16. The topological polar surface area (TPSA) is 93.2 Å². The molecule has 1 aromatic carbocycles. The summed E-state index contributed by atoms with van der Waals surface area (Å²) >= 11 is 0.865. The smallest absolute Gasteiger partial charge is 0.329 e. The van der Waals surface area contributed by atoms with E-state index in [1.165, 1.54) is 6.92 Å².